The summed E-state index contributed by atoms with van der Waals surface area (Å²) in [4.78, 5) is 11.5. The van der Waals surface area contributed by atoms with Gasteiger partial charge >= 0.3 is 0 Å². The Bertz CT molecular complexity index is 970. The molecule has 0 aromatic heterocycles. The van der Waals surface area contributed by atoms with Gasteiger partial charge in [-0.2, -0.15) is 4.31 Å². The monoisotopic (exact) mass is 422 g/mol. The Morgan fingerprint density at radius 2 is 1.72 bits per heavy atom. The van der Waals surface area contributed by atoms with E-state index in [0.717, 1.165) is 23.6 Å². The van der Waals surface area contributed by atoms with Crippen LogP contribution < -0.4 is 14.4 Å². The molecule has 10 heteroatoms. The number of hydrogen-bond donors (Lipinski definition) is 1. The minimum absolute atomic E-state index is 0.0726. The number of piperazine rings is 1. The molecule has 1 N–H and O–H groups in total. The van der Waals surface area contributed by atoms with E-state index in [-0.39, 0.29) is 10.6 Å². The zero-order valence-corrected chi connectivity index (χ0v) is 17.1. The van der Waals surface area contributed by atoms with E-state index in [1.54, 1.807) is 14.2 Å². The number of nitro benzene ring substituents is 1. The summed E-state index contributed by atoms with van der Waals surface area (Å²) >= 11 is 0. The molecule has 1 aliphatic heterocycles. The number of nitrogens with zero attached hydrogens (tertiary/aromatic N) is 2. The molecule has 2 aromatic carbocycles. The van der Waals surface area contributed by atoms with E-state index in [0.29, 0.717) is 26.2 Å². The second-order valence-electron chi connectivity index (χ2n) is 6.76. The van der Waals surface area contributed by atoms with Crippen LogP contribution in [-0.2, 0) is 16.6 Å². The smallest absolute Gasteiger partial charge is 0.269 e. The lowest BCUT2D eigenvalue weighted by Gasteiger charge is -2.31. The number of nitro groups is 1. The quantitative estimate of drug-likeness (QED) is 0.521. The molecule has 3 rings (SSSR count). The fourth-order valence-electron chi connectivity index (χ4n) is 3.38. The second kappa shape index (κ2) is 8.76. The maximum atomic E-state index is 12.8. The molecule has 1 fully saturated rings. The van der Waals surface area contributed by atoms with E-state index >= 15 is 0 Å². The summed E-state index contributed by atoms with van der Waals surface area (Å²) in [5.41, 5.74) is 0.904. The molecule has 0 spiro atoms. The van der Waals surface area contributed by atoms with Crippen LogP contribution in [0.15, 0.2) is 47.4 Å². The van der Waals surface area contributed by atoms with Crippen molar-refractivity contribution < 1.29 is 27.7 Å². The Morgan fingerprint density at radius 1 is 1.07 bits per heavy atom. The molecule has 1 saturated heterocycles. The Balaban J connectivity index is 1.65. The van der Waals surface area contributed by atoms with E-state index in [9.17, 15) is 18.5 Å². The molecule has 156 valence electrons. The largest absolute Gasteiger partial charge is 0.497 e. The van der Waals surface area contributed by atoms with Crippen LogP contribution in [0.2, 0.25) is 0 Å². The van der Waals surface area contributed by atoms with Gasteiger partial charge in [-0.05, 0) is 24.3 Å². The first kappa shape index (κ1) is 21.0. The van der Waals surface area contributed by atoms with Crippen molar-refractivity contribution in [1.29, 1.82) is 0 Å². The number of quaternary nitrogens is 1. The van der Waals surface area contributed by atoms with E-state index in [2.05, 4.69) is 0 Å². The minimum Gasteiger partial charge on any atom is -0.497 e. The molecule has 0 unspecified atom stereocenters. The maximum Gasteiger partial charge on any atom is 0.269 e. The number of hydrogen-bond acceptors (Lipinski definition) is 6. The van der Waals surface area contributed by atoms with Crippen molar-refractivity contribution >= 4 is 15.7 Å². The fraction of sp³-hybridized carbons (Fsp3) is 0.368. The third kappa shape index (κ3) is 4.66. The maximum absolute atomic E-state index is 12.8. The third-order valence-corrected chi connectivity index (χ3v) is 6.96. The highest BCUT2D eigenvalue weighted by molar-refractivity contribution is 7.89. The van der Waals surface area contributed by atoms with E-state index < -0.39 is 14.9 Å². The van der Waals surface area contributed by atoms with Gasteiger partial charge in [0.2, 0.25) is 10.0 Å². The van der Waals surface area contributed by atoms with Gasteiger partial charge in [0.05, 0.1) is 50.2 Å². The zero-order chi connectivity index (χ0) is 21.0. The van der Waals surface area contributed by atoms with Gasteiger partial charge in [-0.3, -0.25) is 10.1 Å². The third-order valence-electron chi connectivity index (χ3n) is 5.05. The molecule has 2 aromatic rings. The van der Waals surface area contributed by atoms with Crippen molar-refractivity contribution in [2.45, 2.75) is 11.4 Å². The molecule has 0 aliphatic carbocycles. The second-order valence-corrected chi connectivity index (χ2v) is 8.70. The summed E-state index contributed by atoms with van der Waals surface area (Å²) in [7, 11) is -0.452. The first-order valence-corrected chi connectivity index (χ1v) is 10.6. The van der Waals surface area contributed by atoms with Gasteiger partial charge in [0.15, 0.2) is 0 Å². The Labute approximate surface area is 169 Å². The van der Waals surface area contributed by atoms with Gasteiger partial charge < -0.3 is 14.4 Å². The fourth-order valence-corrected chi connectivity index (χ4v) is 4.82. The predicted octanol–water partition coefficient (Wildman–Crippen LogP) is 0.701. The highest BCUT2D eigenvalue weighted by Crippen LogP contribution is 2.24. The van der Waals surface area contributed by atoms with Crippen LogP contribution in [0.1, 0.15) is 5.56 Å². The first-order valence-electron chi connectivity index (χ1n) is 9.14. The molecule has 0 radical (unpaired) electrons. The molecule has 1 heterocycles. The van der Waals surface area contributed by atoms with Crippen molar-refractivity contribution in [1.82, 2.24) is 4.31 Å². The zero-order valence-electron chi connectivity index (χ0n) is 16.3. The molecule has 1 aliphatic rings. The van der Waals surface area contributed by atoms with Gasteiger partial charge in [0.1, 0.15) is 18.0 Å². The van der Waals surface area contributed by atoms with Crippen molar-refractivity contribution in [2.24, 2.45) is 0 Å². The minimum atomic E-state index is -3.67. The molecule has 0 amide bonds. The molecular formula is C19H24N3O6S+. The summed E-state index contributed by atoms with van der Waals surface area (Å²) < 4.78 is 37.7. The molecule has 0 saturated carbocycles. The van der Waals surface area contributed by atoms with Gasteiger partial charge in [-0.15, -0.1) is 0 Å². The van der Waals surface area contributed by atoms with Gasteiger partial charge in [0.25, 0.3) is 5.69 Å². The van der Waals surface area contributed by atoms with Crippen molar-refractivity contribution in [3.63, 3.8) is 0 Å². The molecule has 0 atom stereocenters. The summed E-state index contributed by atoms with van der Waals surface area (Å²) in [5.74, 6) is 1.47. The summed E-state index contributed by atoms with van der Waals surface area (Å²) in [6.45, 7) is 2.79. The summed E-state index contributed by atoms with van der Waals surface area (Å²) in [5, 5.41) is 10.8. The Kier molecular flexibility index (Phi) is 6.36. The number of methoxy groups -OCH3 is 2. The van der Waals surface area contributed by atoms with Crippen LogP contribution >= 0.6 is 0 Å². The van der Waals surface area contributed by atoms with Crippen LogP contribution in [-0.4, -0.2) is 58.0 Å². The molecule has 9 nitrogen and oxygen atoms in total. The lowest BCUT2D eigenvalue weighted by molar-refractivity contribution is -0.917. The average molecular weight is 422 g/mol. The molecular weight excluding hydrogens is 398 g/mol. The predicted molar refractivity (Wildman–Crippen MR) is 106 cm³/mol. The van der Waals surface area contributed by atoms with E-state index in [1.165, 1.54) is 33.5 Å². The lowest BCUT2D eigenvalue weighted by Crippen LogP contribution is -3.13. The Hall–Kier alpha value is -2.69. The van der Waals surface area contributed by atoms with Gasteiger partial charge in [-0.25, -0.2) is 8.42 Å². The molecule has 29 heavy (non-hydrogen) atoms. The number of nitrogens with one attached hydrogen (secondary N) is 1. The topological polar surface area (TPSA) is 103 Å². The van der Waals surface area contributed by atoms with Gasteiger partial charge in [0, 0.05) is 23.8 Å². The highest BCUT2D eigenvalue weighted by Gasteiger charge is 2.31. The standard InChI is InChI=1S/C19H23N3O6S/c1-27-17-6-3-15(19(13-17)28-2)14-20-9-11-21(12-10-20)29(25,26)18-7-4-16(5-8-18)22(23)24/h3-8,13H,9-12,14H2,1-2H3/p+1. The summed E-state index contributed by atoms with van der Waals surface area (Å²) in [6, 6.07) is 10.7. The van der Waals surface area contributed by atoms with E-state index in [1.807, 2.05) is 18.2 Å². The SMILES string of the molecule is COc1ccc(C[NH+]2CCN(S(=O)(=O)c3ccc([N+](=O)[O-])cc3)CC2)c(OC)c1. The number of benzene rings is 2. The van der Waals surface area contributed by atoms with Crippen molar-refractivity contribution in [3.8, 4) is 11.5 Å². The van der Waals surface area contributed by atoms with Gasteiger partial charge in [-0.1, -0.05) is 0 Å². The van der Waals surface area contributed by atoms with Crippen LogP contribution in [0.4, 0.5) is 5.69 Å². The van der Waals surface area contributed by atoms with E-state index in [4.69, 9.17) is 9.47 Å². The van der Waals surface area contributed by atoms with Crippen LogP contribution in [0, 0.1) is 10.1 Å². The molecule has 0 bridgehead atoms. The highest BCUT2D eigenvalue weighted by atomic mass is 32.2. The van der Waals surface area contributed by atoms with Crippen LogP contribution in [0.5, 0.6) is 11.5 Å². The lowest BCUT2D eigenvalue weighted by atomic mass is 10.1. The Morgan fingerprint density at radius 3 is 2.28 bits per heavy atom. The van der Waals surface area contributed by atoms with Crippen LogP contribution in [0.25, 0.3) is 0 Å². The number of non-ortho nitro benzene ring substituents is 1. The van der Waals surface area contributed by atoms with Crippen molar-refractivity contribution in [3.05, 3.63) is 58.1 Å². The van der Waals surface area contributed by atoms with Crippen molar-refractivity contribution in [2.75, 3.05) is 40.4 Å². The number of rotatable bonds is 7. The average Bonchev–Trinajstić information content (AvgIpc) is 2.74. The number of sulfonamides is 1. The normalized spacial score (nSPS) is 15.8. The first-order chi connectivity index (χ1) is 13.8. The number of ether oxygens (including phenoxy) is 2. The summed E-state index contributed by atoms with van der Waals surface area (Å²) in [6.07, 6.45) is 0. The van der Waals surface area contributed by atoms with Crippen LogP contribution in [0.3, 0.4) is 0 Å².